The number of aliphatic hydroxyl groups is 1. The van der Waals surface area contributed by atoms with E-state index >= 15 is 0 Å². The fraction of sp³-hybridized carbons (Fsp3) is 0.533. The van der Waals surface area contributed by atoms with Crippen LogP contribution < -0.4 is 5.32 Å². The molecule has 0 bridgehead atoms. The molecule has 0 saturated carbocycles. The molecular formula is C15H22N2O2. The fourth-order valence-electron chi connectivity index (χ4n) is 2.33. The van der Waals surface area contributed by atoms with Crippen LogP contribution in [0.3, 0.4) is 0 Å². The van der Waals surface area contributed by atoms with Crippen molar-refractivity contribution in [3.63, 3.8) is 0 Å². The number of amides is 1. The molecule has 4 nitrogen and oxygen atoms in total. The number of hydrogen-bond acceptors (Lipinski definition) is 3. The summed E-state index contributed by atoms with van der Waals surface area (Å²) in [7, 11) is 0. The first-order valence-electron chi connectivity index (χ1n) is 6.80. The largest absolute Gasteiger partial charge is 0.390 e. The predicted molar refractivity (Wildman–Crippen MR) is 76.0 cm³/mol. The van der Waals surface area contributed by atoms with E-state index in [9.17, 15) is 9.90 Å². The number of rotatable bonds is 3. The predicted octanol–water partition coefficient (Wildman–Crippen LogP) is 1.86. The monoisotopic (exact) mass is 262 g/mol. The summed E-state index contributed by atoms with van der Waals surface area (Å²) in [6.07, 6.45) is 1.44. The number of likely N-dealkylation sites (tertiary alicyclic amines) is 1. The van der Waals surface area contributed by atoms with Crippen LogP contribution >= 0.6 is 0 Å². The summed E-state index contributed by atoms with van der Waals surface area (Å²) < 4.78 is 0. The van der Waals surface area contributed by atoms with E-state index in [4.69, 9.17) is 0 Å². The lowest BCUT2D eigenvalue weighted by Crippen LogP contribution is -2.49. The van der Waals surface area contributed by atoms with Crippen LogP contribution in [0, 0.1) is 0 Å². The summed E-state index contributed by atoms with van der Waals surface area (Å²) in [4.78, 5) is 14.3. The van der Waals surface area contributed by atoms with E-state index in [2.05, 4.69) is 10.2 Å². The molecule has 1 aliphatic rings. The number of para-hydroxylation sites is 1. The number of carbonyl (C=O) groups excluding carboxylic acids is 1. The molecule has 0 radical (unpaired) electrons. The number of anilines is 1. The van der Waals surface area contributed by atoms with E-state index in [1.807, 2.05) is 44.2 Å². The van der Waals surface area contributed by atoms with Crippen molar-refractivity contribution in [3.8, 4) is 0 Å². The van der Waals surface area contributed by atoms with Crippen LogP contribution in [-0.2, 0) is 4.79 Å². The smallest absolute Gasteiger partial charge is 0.241 e. The van der Waals surface area contributed by atoms with E-state index in [0.29, 0.717) is 0 Å². The Kier molecular flexibility index (Phi) is 4.22. The highest BCUT2D eigenvalue weighted by Crippen LogP contribution is 2.22. The zero-order chi connectivity index (χ0) is 13.9. The second-order valence-corrected chi connectivity index (χ2v) is 5.56. The molecule has 2 N–H and O–H groups in total. The van der Waals surface area contributed by atoms with Gasteiger partial charge in [0.1, 0.15) is 0 Å². The van der Waals surface area contributed by atoms with Crippen LogP contribution in [0.15, 0.2) is 30.3 Å². The zero-order valence-corrected chi connectivity index (χ0v) is 11.6. The lowest BCUT2D eigenvalue weighted by Gasteiger charge is -2.38. The van der Waals surface area contributed by atoms with Gasteiger partial charge < -0.3 is 10.4 Å². The number of hydrogen-bond donors (Lipinski definition) is 2. The molecule has 1 atom stereocenters. The second kappa shape index (κ2) is 5.72. The molecule has 1 unspecified atom stereocenters. The van der Waals surface area contributed by atoms with Gasteiger partial charge in [-0.1, -0.05) is 18.2 Å². The average Bonchev–Trinajstić information content (AvgIpc) is 2.39. The summed E-state index contributed by atoms with van der Waals surface area (Å²) in [6.45, 7) is 5.30. The molecule has 0 aromatic heterocycles. The summed E-state index contributed by atoms with van der Waals surface area (Å²) in [5, 5.41) is 12.8. The summed E-state index contributed by atoms with van der Waals surface area (Å²) in [6, 6.07) is 9.32. The van der Waals surface area contributed by atoms with Gasteiger partial charge in [0.15, 0.2) is 0 Å². The maximum Gasteiger partial charge on any atom is 0.241 e. The molecule has 104 valence electrons. The van der Waals surface area contributed by atoms with Crippen molar-refractivity contribution in [2.75, 3.05) is 18.4 Å². The van der Waals surface area contributed by atoms with Gasteiger partial charge in [0, 0.05) is 18.8 Å². The van der Waals surface area contributed by atoms with Crippen LogP contribution in [0.2, 0.25) is 0 Å². The molecule has 1 fully saturated rings. The second-order valence-electron chi connectivity index (χ2n) is 5.56. The minimum atomic E-state index is -0.577. The number of carbonyl (C=O) groups is 1. The lowest BCUT2D eigenvalue weighted by atomic mass is 9.93. The highest BCUT2D eigenvalue weighted by molar-refractivity contribution is 5.94. The van der Waals surface area contributed by atoms with Gasteiger partial charge in [0.2, 0.25) is 5.91 Å². The zero-order valence-electron chi connectivity index (χ0n) is 11.6. The standard InChI is InChI=1S/C15H22N2O2/c1-12(17-10-8-15(2,19)9-11-17)14(18)16-13-6-4-3-5-7-13/h3-7,12,19H,8-11H2,1-2H3,(H,16,18). The van der Waals surface area contributed by atoms with Crippen molar-refractivity contribution >= 4 is 11.6 Å². The number of nitrogens with one attached hydrogen (secondary N) is 1. The van der Waals surface area contributed by atoms with Crippen LogP contribution in [-0.4, -0.2) is 40.6 Å². The van der Waals surface area contributed by atoms with Crippen LogP contribution in [0.5, 0.6) is 0 Å². The normalized spacial score (nSPS) is 20.8. The van der Waals surface area contributed by atoms with Gasteiger partial charge >= 0.3 is 0 Å². The minimum Gasteiger partial charge on any atom is -0.390 e. The van der Waals surface area contributed by atoms with E-state index in [-0.39, 0.29) is 11.9 Å². The van der Waals surface area contributed by atoms with Crippen molar-refractivity contribution < 1.29 is 9.90 Å². The SMILES string of the molecule is CC(C(=O)Nc1ccccc1)N1CCC(C)(O)CC1. The lowest BCUT2D eigenvalue weighted by molar-refractivity contribution is -0.122. The van der Waals surface area contributed by atoms with Gasteiger partial charge in [0.25, 0.3) is 0 Å². The third-order valence-corrected chi connectivity index (χ3v) is 3.84. The third-order valence-electron chi connectivity index (χ3n) is 3.84. The Hall–Kier alpha value is -1.39. The van der Waals surface area contributed by atoms with E-state index in [1.54, 1.807) is 0 Å². The Morgan fingerprint density at radius 3 is 2.47 bits per heavy atom. The molecule has 1 amide bonds. The van der Waals surface area contributed by atoms with Crippen LogP contribution in [0.25, 0.3) is 0 Å². The molecule has 1 aromatic rings. The maximum absolute atomic E-state index is 12.2. The van der Waals surface area contributed by atoms with Crippen molar-refractivity contribution in [1.82, 2.24) is 4.90 Å². The van der Waals surface area contributed by atoms with Gasteiger partial charge in [-0.2, -0.15) is 0 Å². The topological polar surface area (TPSA) is 52.6 Å². The Balaban J connectivity index is 1.89. The molecular weight excluding hydrogens is 240 g/mol. The maximum atomic E-state index is 12.2. The Labute approximate surface area is 114 Å². The minimum absolute atomic E-state index is 0.00717. The molecule has 19 heavy (non-hydrogen) atoms. The van der Waals surface area contributed by atoms with Crippen molar-refractivity contribution in [2.24, 2.45) is 0 Å². The van der Waals surface area contributed by atoms with Gasteiger partial charge in [0.05, 0.1) is 11.6 Å². The Morgan fingerprint density at radius 2 is 1.89 bits per heavy atom. The van der Waals surface area contributed by atoms with Crippen molar-refractivity contribution in [2.45, 2.75) is 38.3 Å². The van der Waals surface area contributed by atoms with E-state index in [1.165, 1.54) is 0 Å². The van der Waals surface area contributed by atoms with Gasteiger partial charge in [-0.05, 0) is 38.8 Å². The fourth-order valence-corrected chi connectivity index (χ4v) is 2.33. The molecule has 0 aliphatic carbocycles. The number of nitrogens with zero attached hydrogens (tertiary/aromatic N) is 1. The van der Waals surface area contributed by atoms with Gasteiger partial charge in [-0.3, -0.25) is 9.69 Å². The van der Waals surface area contributed by atoms with Crippen LogP contribution in [0.1, 0.15) is 26.7 Å². The Bertz CT molecular complexity index is 421. The summed E-state index contributed by atoms with van der Waals surface area (Å²) in [5.41, 5.74) is 0.245. The van der Waals surface area contributed by atoms with E-state index < -0.39 is 5.60 Å². The first-order chi connectivity index (χ1) is 8.98. The quantitative estimate of drug-likeness (QED) is 0.874. The molecule has 1 saturated heterocycles. The van der Waals surface area contributed by atoms with Gasteiger partial charge in [-0.25, -0.2) is 0 Å². The van der Waals surface area contributed by atoms with Crippen LogP contribution in [0.4, 0.5) is 5.69 Å². The molecule has 1 aliphatic heterocycles. The summed E-state index contributed by atoms with van der Waals surface area (Å²) >= 11 is 0. The first-order valence-corrected chi connectivity index (χ1v) is 6.80. The molecule has 2 rings (SSSR count). The average molecular weight is 262 g/mol. The molecule has 0 spiro atoms. The first kappa shape index (κ1) is 14.0. The van der Waals surface area contributed by atoms with Crippen molar-refractivity contribution in [1.29, 1.82) is 0 Å². The molecule has 1 heterocycles. The molecule has 1 aromatic carbocycles. The van der Waals surface area contributed by atoms with E-state index in [0.717, 1.165) is 31.6 Å². The van der Waals surface area contributed by atoms with Crippen molar-refractivity contribution in [3.05, 3.63) is 30.3 Å². The number of benzene rings is 1. The highest BCUT2D eigenvalue weighted by Gasteiger charge is 2.31. The Morgan fingerprint density at radius 1 is 1.32 bits per heavy atom. The number of piperidine rings is 1. The van der Waals surface area contributed by atoms with Gasteiger partial charge in [-0.15, -0.1) is 0 Å². The third kappa shape index (κ3) is 3.78. The highest BCUT2D eigenvalue weighted by atomic mass is 16.3. The molecule has 4 heteroatoms. The summed E-state index contributed by atoms with van der Waals surface area (Å²) in [5.74, 6) is 0.00717.